The Morgan fingerprint density at radius 2 is 1.84 bits per heavy atom. The molecule has 0 radical (unpaired) electrons. The maximum atomic E-state index is 13.5. The molecule has 162 valence electrons. The zero-order chi connectivity index (χ0) is 21.8. The number of sulfonamides is 1. The van der Waals surface area contributed by atoms with Gasteiger partial charge in [-0.1, -0.05) is 30.3 Å². The predicted octanol–water partition coefficient (Wildman–Crippen LogP) is 2.10. The van der Waals surface area contributed by atoms with Crippen LogP contribution in [0.2, 0.25) is 0 Å². The molecule has 1 aliphatic heterocycles. The van der Waals surface area contributed by atoms with Crippen LogP contribution in [0.1, 0.15) is 22.3 Å². The van der Waals surface area contributed by atoms with Crippen LogP contribution in [0.5, 0.6) is 0 Å². The van der Waals surface area contributed by atoms with E-state index in [9.17, 15) is 13.2 Å². The monoisotopic (exact) mass is 439 g/mol. The van der Waals surface area contributed by atoms with Crippen LogP contribution in [0.4, 0.5) is 0 Å². The molecule has 1 amide bonds. The lowest BCUT2D eigenvalue weighted by Gasteiger charge is -2.21. The van der Waals surface area contributed by atoms with Gasteiger partial charge in [0.25, 0.3) is 5.91 Å². The molecule has 1 aliphatic rings. The molecule has 2 aromatic heterocycles. The maximum absolute atomic E-state index is 13.5. The van der Waals surface area contributed by atoms with E-state index in [-0.39, 0.29) is 5.91 Å². The number of hydrogen-bond donors (Lipinski definition) is 0. The van der Waals surface area contributed by atoms with Crippen LogP contribution in [0, 0.1) is 0 Å². The van der Waals surface area contributed by atoms with Crippen LogP contribution in [0.3, 0.4) is 0 Å². The quantitative estimate of drug-likeness (QED) is 0.608. The summed E-state index contributed by atoms with van der Waals surface area (Å²) >= 11 is 0. The molecule has 1 saturated heterocycles. The van der Waals surface area contributed by atoms with Gasteiger partial charge in [-0.25, -0.2) is 12.7 Å². The normalized spacial score (nSPS) is 15.6. The Labute approximate surface area is 182 Å². The Morgan fingerprint density at radius 1 is 1.03 bits per heavy atom. The van der Waals surface area contributed by atoms with Gasteiger partial charge in [-0.15, -0.1) is 0 Å². The molecular formula is C22H25N5O3S. The average Bonchev–Trinajstić information content (AvgIpc) is 3.01. The van der Waals surface area contributed by atoms with Crippen molar-refractivity contribution in [2.75, 3.05) is 32.4 Å². The van der Waals surface area contributed by atoms with Crippen molar-refractivity contribution in [1.29, 1.82) is 0 Å². The molecule has 3 aromatic rings. The summed E-state index contributed by atoms with van der Waals surface area (Å²) in [5.41, 5.74) is 2.93. The fourth-order valence-corrected chi connectivity index (χ4v) is 4.62. The van der Waals surface area contributed by atoms with Crippen molar-refractivity contribution in [3.05, 3.63) is 72.2 Å². The summed E-state index contributed by atoms with van der Waals surface area (Å²) in [6, 6.07) is 13.6. The Balaban J connectivity index is 1.63. The standard InChI is InChI=1S/C22H25N5O3S/c1-31(29,30)27-12-6-11-25(13-14-27)22(28)20-17-26(16-18-7-3-2-4-8-18)24-21(20)19-9-5-10-23-15-19/h2-5,7-10,15,17H,6,11-14,16H2,1H3. The SMILES string of the molecule is CS(=O)(=O)N1CCCN(C(=O)c2cn(Cc3ccccc3)nc2-c2cccnc2)CC1. The molecule has 0 unspecified atom stereocenters. The molecule has 3 heterocycles. The first-order valence-electron chi connectivity index (χ1n) is 10.2. The van der Waals surface area contributed by atoms with E-state index in [1.54, 1.807) is 28.2 Å². The molecule has 0 aliphatic carbocycles. The minimum absolute atomic E-state index is 0.145. The van der Waals surface area contributed by atoms with E-state index in [0.29, 0.717) is 50.4 Å². The minimum Gasteiger partial charge on any atom is -0.337 e. The minimum atomic E-state index is -3.27. The summed E-state index contributed by atoms with van der Waals surface area (Å²) in [5.74, 6) is -0.145. The number of benzene rings is 1. The number of aromatic nitrogens is 3. The average molecular weight is 440 g/mol. The van der Waals surface area contributed by atoms with Crippen LogP contribution >= 0.6 is 0 Å². The van der Waals surface area contributed by atoms with E-state index in [1.165, 1.54) is 10.6 Å². The number of carbonyl (C=O) groups excluding carboxylic acids is 1. The van der Waals surface area contributed by atoms with E-state index in [4.69, 9.17) is 5.10 Å². The fourth-order valence-electron chi connectivity index (χ4n) is 3.74. The van der Waals surface area contributed by atoms with E-state index in [1.807, 2.05) is 42.5 Å². The van der Waals surface area contributed by atoms with Crippen LogP contribution in [-0.4, -0.2) is 70.7 Å². The van der Waals surface area contributed by atoms with E-state index in [0.717, 1.165) is 11.1 Å². The third-order valence-corrected chi connectivity index (χ3v) is 6.63. The number of hydrogen-bond acceptors (Lipinski definition) is 5. The smallest absolute Gasteiger partial charge is 0.257 e. The fraction of sp³-hybridized carbons (Fsp3) is 0.318. The van der Waals surface area contributed by atoms with Gasteiger partial charge in [0.2, 0.25) is 10.0 Å². The number of amides is 1. The van der Waals surface area contributed by atoms with Crippen molar-refractivity contribution in [1.82, 2.24) is 24.0 Å². The third-order valence-electron chi connectivity index (χ3n) is 5.33. The molecule has 0 spiro atoms. The first-order chi connectivity index (χ1) is 14.9. The molecule has 1 fully saturated rings. The molecule has 0 saturated carbocycles. The number of pyridine rings is 1. The van der Waals surface area contributed by atoms with Gasteiger partial charge in [-0.05, 0) is 24.1 Å². The molecule has 8 nitrogen and oxygen atoms in total. The van der Waals surface area contributed by atoms with Crippen molar-refractivity contribution in [2.45, 2.75) is 13.0 Å². The molecule has 4 rings (SSSR count). The van der Waals surface area contributed by atoms with Crippen LogP contribution < -0.4 is 0 Å². The molecule has 0 bridgehead atoms. The lowest BCUT2D eigenvalue weighted by Crippen LogP contribution is -2.37. The molecule has 31 heavy (non-hydrogen) atoms. The van der Waals surface area contributed by atoms with Crippen molar-refractivity contribution < 1.29 is 13.2 Å². The summed E-state index contributed by atoms with van der Waals surface area (Å²) < 4.78 is 27.0. The molecular weight excluding hydrogens is 414 g/mol. The van der Waals surface area contributed by atoms with Gasteiger partial charge in [-0.3, -0.25) is 14.5 Å². The highest BCUT2D eigenvalue weighted by Crippen LogP contribution is 2.24. The summed E-state index contributed by atoms with van der Waals surface area (Å²) in [7, 11) is -3.27. The molecule has 0 N–H and O–H groups in total. The van der Waals surface area contributed by atoms with E-state index >= 15 is 0 Å². The van der Waals surface area contributed by atoms with E-state index in [2.05, 4.69) is 4.98 Å². The Bertz CT molecular complexity index is 1150. The van der Waals surface area contributed by atoms with Gasteiger partial charge in [0, 0.05) is 50.3 Å². The second-order valence-corrected chi connectivity index (χ2v) is 9.61. The molecule has 9 heteroatoms. The second-order valence-electron chi connectivity index (χ2n) is 7.62. The maximum Gasteiger partial charge on any atom is 0.257 e. The highest BCUT2D eigenvalue weighted by Gasteiger charge is 2.27. The third kappa shape index (κ3) is 5.00. The van der Waals surface area contributed by atoms with Gasteiger partial charge in [0.15, 0.2) is 0 Å². The van der Waals surface area contributed by atoms with Gasteiger partial charge in [-0.2, -0.15) is 5.10 Å². The first-order valence-corrected chi connectivity index (χ1v) is 12.0. The van der Waals surface area contributed by atoms with Gasteiger partial charge in [0.05, 0.1) is 18.4 Å². The van der Waals surface area contributed by atoms with E-state index < -0.39 is 10.0 Å². The summed E-state index contributed by atoms with van der Waals surface area (Å²) in [6.07, 6.45) is 6.95. The van der Waals surface area contributed by atoms with Crippen LogP contribution in [-0.2, 0) is 16.6 Å². The lowest BCUT2D eigenvalue weighted by atomic mass is 10.1. The van der Waals surface area contributed by atoms with Gasteiger partial charge < -0.3 is 4.90 Å². The number of nitrogens with zero attached hydrogens (tertiary/aromatic N) is 5. The van der Waals surface area contributed by atoms with Crippen molar-refractivity contribution in [3.8, 4) is 11.3 Å². The largest absolute Gasteiger partial charge is 0.337 e. The van der Waals surface area contributed by atoms with Crippen molar-refractivity contribution in [3.63, 3.8) is 0 Å². The first kappa shape index (κ1) is 21.2. The zero-order valence-corrected chi connectivity index (χ0v) is 18.2. The zero-order valence-electron chi connectivity index (χ0n) is 17.4. The topological polar surface area (TPSA) is 88.4 Å². The molecule has 0 atom stereocenters. The van der Waals surface area contributed by atoms with Crippen molar-refractivity contribution in [2.24, 2.45) is 0 Å². The Morgan fingerprint density at radius 3 is 2.55 bits per heavy atom. The lowest BCUT2D eigenvalue weighted by molar-refractivity contribution is 0.0765. The highest BCUT2D eigenvalue weighted by molar-refractivity contribution is 7.88. The Hall–Kier alpha value is -3.04. The Kier molecular flexibility index (Phi) is 6.15. The predicted molar refractivity (Wildman–Crippen MR) is 118 cm³/mol. The second kappa shape index (κ2) is 8.99. The summed E-state index contributed by atoms with van der Waals surface area (Å²) in [6.45, 7) is 2.11. The highest BCUT2D eigenvalue weighted by atomic mass is 32.2. The van der Waals surface area contributed by atoms with Gasteiger partial charge in [0.1, 0.15) is 5.69 Å². The van der Waals surface area contributed by atoms with Crippen molar-refractivity contribution >= 4 is 15.9 Å². The van der Waals surface area contributed by atoms with Crippen LogP contribution in [0.15, 0.2) is 61.1 Å². The molecule has 1 aromatic carbocycles. The summed E-state index contributed by atoms with van der Waals surface area (Å²) in [4.78, 5) is 19.3. The number of carbonyl (C=O) groups is 1. The number of rotatable bonds is 5. The van der Waals surface area contributed by atoms with Gasteiger partial charge >= 0.3 is 0 Å². The summed E-state index contributed by atoms with van der Waals surface area (Å²) in [5, 5.41) is 4.69. The van der Waals surface area contributed by atoms with Crippen LogP contribution in [0.25, 0.3) is 11.3 Å².